The first-order chi connectivity index (χ1) is 18.5. The molecule has 1 heterocycles. The van der Waals surface area contributed by atoms with Crippen molar-refractivity contribution in [2.45, 2.75) is 88.7 Å². The van der Waals surface area contributed by atoms with Crippen LogP contribution in [0.2, 0.25) is 0 Å². The second kappa shape index (κ2) is 10.3. The molecule has 1 N–H and O–H groups in total. The van der Waals surface area contributed by atoms with Gasteiger partial charge >= 0.3 is 12.1 Å². The number of hydrogen-bond acceptors (Lipinski definition) is 4. The minimum Gasteiger partial charge on any atom is -0.492 e. The number of ether oxygens (including phenoxy) is 2. The van der Waals surface area contributed by atoms with Crippen LogP contribution in [0.3, 0.4) is 0 Å². The molecule has 2 bridgehead atoms. The molecule has 1 saturated heterocycles. The van der Waals surface area contributed by atoms with Gasteiger partial charge in [0.15, 0.2) is 0 Å². The average molecular weight is 518 g/mol. The van der Waals surface area contributed by atoms with Gasteiger partial charge in [-0.25, -0.2) is 4.79 Å². The molecule has 3 aliphatic carbocycles. The smallest absolute Gasteiger partial charge is 0.410 e. The van der Waals surface area contributed by atoms with Crippen LogP contribution < -0.4 is 4.74 Å². The van der Waals surface area contributed by atoms with E-state index in [1.54, 1.807) is 0 Å². The van der Waals surface area contributed by atoms with E-state index < -0.39 is 11.4 Å². The largest absolute Gasteiger partial charge is 0.492 e. The number of carbonyl (C=O) groups is 2. The molecule has 6 nitrogen and oxygen atoms in total. The highest BCUT2D eigenvalue weighted by molar-refractivity contribution is 5.75. The number of amides is 1. The van der Waals surface area contributed by atoms with Gasteiger partial charge in [-0.05, 0) is 73.3 Å². The molecule has 4 aliphatic rings. The Morgan fingerprint density at radius 3 is 2.53 bits per heavy atom. The van der Waals surface area contributed by atoms with Crippen molar-refractivity contribution in [2.24, 2.45) is 11.3 Å². The van der Waals surface area contributed by atoms with Gasteiger partial charge in [0.1, 0.15) is 24.4 Å². The predicted molar refractivity (Wildman–Crippen MR) is 144 cm³/mol. The van der Waals surface area contributed by atoms with E-state index in [4.69, 9.17) is 9.47 Å². The van der Waals surface area contributed by atoms with Crippen LogP contribution >= 0.6 is 0 Å². The lowest BCUT2D eigenvalue weighted by molar-refractivity contribution is -0.153. The highest BCUT2D eigenvalue weighted by Crippen LogP contribution is 2.56. The summed E-state index contributed by atoms with van der Waals surface area (Å²) in [6.45, 7) is 1.25. The van der Waals surface area contributed by atoms with Gasteiger partial charge in [-0.3, -0.25) is 4.79 Å². The number of carbonyl (C=O) groups excluding carboxylic acids is 1. The lowest BCUT2D eigenvalue weighted by Crippen LogP contribution is -2.62. The topological polar surface area (TPSA) is 76.1 Å². The molecule has 3 fully saturated rings. The Bertz CT molecular complexity index is 1170. The minimum atomic E-state index is -0.768. The quantitative estimate of drug-likeness (QED) is 0.474. The van der Waals surface area contributed by atoms with Gasteiger partial charge in [-0.2, -0.15) is 0 Å². The molecule has 202 valence electrons. The van der Waals surface area contributed by atoms with Gasteiger partial charge in [-0.15, -0.1) is 0 Å². The number of likely N-dealkylation sites (tertiary alicyclic amines) is 1. The van der Waals surface area contributed by atoms with Crippen LogP contribution in [0.1, 0.15) is 80.9 Å². The molecule has 1 amide bonds. The summed E-state index contributed by atoms with van der Waals surface area (Å²) in [4.78, 5) is 27.4. The summed E-state index contributed by atoms with van der Waals surface area (Å²) in [5, 5.41) is 9.98. The fraction of sp³-hybridized carbons (Fsp3) is 0.562. The van der Waals surface area contributed by atoms with Gasteiger partial charge in [-0.1, -0.05) is 68.5 Å². The first kappa shape index (κ1) is 25.3. The van der Waals surface area contributed by atoms with Gasteiger partial charge < -0.3 is 19.5 Å². The number of carboxylic acids is 1. The van der Waals surface area contributed by atoms with E-state index in [-0.39, 0.29) is 24.2 Å². The van der Waals surface area contributed by atoms with Crippen LogP contribution in [0.5, 0.6) is 5.75 Å². The number of benzene rings is 2. The number of rotatable bonds is 6. The monoisotopic (exact) mass is 517 g/mol. The zero-order valence-corrected chi connectivity index (χ0v) is 22.2. The van der Waals surface area contributed by atoms with Crippen LogP contribution in [0.4, 0.5) is 4.79 Å². The van der Waals surface area contributed by atoms with Crippen molar-refractivity contribution >= 4 is 12.1 Å². The van der Waals surface area contributed by atoms with Gasteiger partial charge in [0.05, 0.1) is 0 Å². The third kappa shape index (κ3) is 4.46. The van der Waals surface area contributed by atoms with Gasteiger partial charge in [0.25, 0.3) is 0 Å². The molecule has 3 atom stereocenters. The van der Waals surface area contributed by atoms with Crippen molar-refractivity contribution in [3.8, 4) is 5.75 Å². The Balaban J connectivity index is 1.22. The van der Waals surface area contributed by atoms with Crippen LogP contribution in [-0.2, 0) is 28.0 Å². The summed E-state index contributed by atoms with van der Waals surface area (Å²) in [6, 6.07) is 16.4. The SMILES string of the molecule is O=C(OCc1ccccc1)N1CC[C@]23CCCC[C@H]2[C@H]1Cc1ccc(OCC2(C(=O)O)CCCCC2)cc13. The molecular weight excluding hydrogens is 478 g/mol. The second-order valence-corrected chi connectivity index (χ2v) is 12.0. The highest BCUT2D eigenvalue weighted by Gasteiger charge is 2.55. The Labute approximate surface area is 225 Å². The molecule has 0 aromatic heterocycles. The third-order valence-corrected chi connectivity index (χ3v) is 10.0. The lowest BCUT2D eigenvalue weighted by Gasteiger charge is -2.58. The van der Waals surface area contributed by atoms with Crippen molar-refractivity contribution in [1.29, 1.82) is 0 Å². The normalized spacial score (nSPS) is 27.5. The van der Waals surface area contributed by atoms with Crippen LogP contribution in [0.15, 0.2) is 48.5 Å². The number of carboxylic acid groups (broad SMARTS) is 1. The van der Waals surface area contributed by atoms with E-state index in [0.717, 1.165) is 56.3 Å². The first-order valence-electron chi connectivity index (χ1n) is 14.5. The molecule has 0 unspecified atom stereocenters. The maximum Gasteiger partial charge on any atom is 0.410 e. The van der Waals surface area contributed by atoms with Crippen LogP contribution in [0.25, 0.3) is 0 Å². The van der Waals surface area contributed by atoms with Crippen LogP contribution in [-0.4, -0.2) is 41.3 Å². The van der Waals surface area contributed by atoms with Crippen molar-refractivity contribution < 1.29 is 24.2 Å². The summed E-state index contributed by atoms with van der Waals surface area (Å²) in [5.41, 5.74) is 2.97. The predicted octanol–water partition coefficient (Wildman–Crippen LogP) is 6.50. The molecular formula is C32H39NO5. The molecule has 6 heteroatoms. The molecule has 2 saturated carbocycles. The molecule has 2 aromatic carbocycles. The molecule has 0 radical (unpaired) electrons. The first-order valence-corrected chi connectivity index (χ1v) is 14.5. The highest BCUT2D eigenvalue weighted by atomic mass is 16.6. The molecule has 0 spiro atoms. The van der Waals surface area contributed by atoms with E-state index in [0.29, 0.717) is 31.9 Å². The number of fused-ring (bicyclic) bond motifs is 1. The van der Waals surface area contributed by atoms with Crippen molar-refractivity contribution in [3.05, 3.63) is 65.2 Å². The summed E-state index contributed by atoms with van der Waals surface area (Å²) in [7, 11) is 0. The zero-order valence-electron chi connectivity index (χ0n) is 22.2. The minimum absolute atomic E-state index is 0.0569. The van der Waals surface area contributed by atoms with Gasteiger partial charge in [0.2, 0.25) is 0 Å². The van der Waals surface area contributed by atoms with Gasteiger partial charge in [0, 0.05) is 18.0 Å². The Hall–Kier alpha value is -3.02. The maximum atomic E-state index is 13.3. The summed E-state index contributed by atoms with van der Waals surface area (Å²) >= 11 is 0. The molecule has 1 aliphatic heterocycles. The number of nitrogens with zero attached hydrogens (tertiary/aromatic N) is 1. The van der Waals surface area contributed by atoms with Crippen molar-refractivity contribution in [3.63, 3.8) is 0 Å². The zero-order chi connectivity index (χ0) is 26.2. The number of aliphatic carboxylic acids is 1. The fourth-order valence-electron chi connectivity index (χ4n) is 7.97. The standard InChI is InChI=1S/C32H39NO5/c34-29(35)31(14-6-2-7-15-31)22-38-25-13-12-24-19-28-26-11-5-8-16-32(26,27(24)20-25)17-18-33(28)30(36)37-21-23-9-3-1-4-10-23/h1,3-4,9-10,12-13,20,26,28H,2,5-8,11,14-19,21-22H2,(H,34,35)/t26-,28+,32+/m0/s1. The molecule has 6 rings (SSSR count). The molecule has 2 aromatic rings. The van der Waals surface area contributed by atoms with E-state index >= 15 is 0 Å². The van der Waals surface area contributed by atoms with Crippen molar-refractivity contribution in [1.82, 2.24) is 4.90 Å². The van der Waals surface area contributed by atoms with E-state index in [1.807, 2.05) is 41.3 Å². The maximum absolute atomic E-state index is 13.3. The number of piperidine rings is 1. The Morgan fingerprint density at radius 1 is 0.947 bits per heavy atom. The third-order valence-electron chi connectivity index (χ3n) is 10.0. The van der Waals surface area contributed by atoms with E-state index in [9.17, 15) is 14.7 Å². The lowest BCUT2D eigenvalue weighted by atomic mass is 9.52. The Morgan fingerprint density at radius 2 is 1.74 bits per heavy atom. The second-order valence-electron chi connectivity index (χ2n) is 12.0. The van der Waals surface area contributed by atoms with E-state index in [1.165, 1.54) is 24.0 Å². The summed E-state index contributed by atoms with van der Waals surface area (Å²) in [5.74, 6) is 0.480. The summed E-state index contributed by atoms with van der Waals surface area (Å²) < 4.78 is 12.0. The van der Waals surface area contributed by atoms with Crippen molar-refractivity contribution in [2.75, 3.05) is 13.2 Å². The Kier molecular flexibility index (Phi) is 6.83. The van der Waals surface area contributed by atoms with Crippen LogP contribution in [0, 0.1) is 11.3 Å². The number of hydrogen-bond donors (Lipinski definition) is 1. The fourth-order valence-corrected chi connectivity index (χ4v) is 7.97. The summed E-state index contributed by atoms with van der Waals surface area (Å²) in [6.07, 6.45) is 10.6. The van der Waals surface area contributed by atoms with E-state index in [2.05, 4.69) is 12.1 Å². The average Bonchev–Trinajstić information content (AvgIpc) is 2.96. The molecule has 38 heavy (non-hydrogen) atoms.